The van der Waals surface area contributed by atoms with Crippen molar-refractivity contribution in [2.45, 2.75) is 27.2 Å². The van der Waals surface area contributed by atoms with Gasteiger partial charge >= 0.3 is 5.97 Å². The van der Waals surface area contributed by atoms with Crippen molar-refractivity contribution in [3.63, 3.8) is 0 Å². The maximum Gasteiger partial charge on any atom is 0.341 e. The van der Waals surface area contributed by atoms with E-state index in [1.54, 1.807) is 4.68 Å². The Morgan fingerprint density at radius 3 is 2.72 bits per heavy atom. The van der Waals surface area contributed by atoms with Crippen molar-refractivity contribution in [1.82, 2.24) is 19.7 Å². The number of aromatic carboxylic acids is 1. The fourth-order valence-corrected chi connectivity index (χ4v) is 2.04. The highest BCUT2D eigenvalue weighted by molar-refractivity contribution is 5.90. The van der Waals surface area contributed by atoms with E-state index >= 15 is 0 Å². The second-order valence-corrected chi connectivity index (χ2v) is 3.98. The lowest BCUT2D eigenvalue weighted by Gasteiger charge is -2.06. The Bertz CT molecular complexity index is 604. The maximum absolute atomic E-state index is 11.1. The molecule has 94 valence electrons. The molecule has 6 nitrogen and oxygen atoms in total. The Hall–Kier alpha value is -2.24. The molecule has 0 saturated heterocycles. The maximum atomic E-state index is 11.1. The van der Waals surface area contributed by atoms with Crippen LogP contribution < -0.4 is 0 Å². The van der Waals surface area contributed by atoms with Gasteiger partial charge in [0, 0.05) is 11.9 Å². The number of hydrogen-bond acceptors (Lipinski definition) is 4. The summed E-state index contributed by atoms with van der Waals surface area (Å²) >= 11 is 0. The van der Waals surface area contributed by atoms with Crippen LogP contribution in [0.3, 0.4) is 0 Å². The minimum absolute atomic E-state index is 0.0470. The minimum atomic E-state index is -1.06. The molecule has 2 aromatic heterocycles. The molecule has 0 radical (unpaired) electrons. The SMILES string of the molecule is CCc1c(C)nn(-c2ncncc2C(=O)O)c1C. The van der Waals surface area contributed by atoms with E-state index < -0.39 is 5.97 Å². The minimum Gasteiger partial charge on any atom is -0.477 e. The quantitative estimate of drug-likeness (QED) is 0.888. The van der Waals surface area contributed by atoms with E-state index in [2.05, 4.69) is 15.1 Å². The zero-order valence-electron chi connectivity index (χ0n) is 10.5. The molecule has 0 atom stereocenters. The molecule has 0 aromatic carbocycles. The zero-order valence-corrected chi connectivity index (χ0v) is 10.5. The van der Waals surface area contributed by atoms with Crippen molar-refractivity contribution < 1.29 is 9.90 Å². The summed E-state index contributed by atoms with van der Waals surface area (Å²) < 4.78 is 1.57. The van der Waals surface area contributed by atoms with Crippen LogP contribution in [0.2, 0.25) is 0 Å². The molecule has 2 aromatic rings. The molecule has 1 N–H and O–H groups in total. The van der Waals surface area contributed by atoms with E-state index in [0.29, 0.717) is 5.82 Å². The predicted molar refractivity (Wildman–Crippen MR) is 65.0 cm³/mol. The summed E-state index contributed by atoms with van der Waals surface area (Å²) in [6.07, 6.45) is 3.46. The first kappa shape index (κ1) is 12.2. The van der Waals surface area contributed by atoms with Crippen molar-refractivity contribution in [1.29, 1.82) is 0 Å². The van der Waals surface area contributed by atoms with Gasteiger partial charge < -0.3 is 5.11 Å². The number of aromatic nitrogens is 4. The van der Waals surface area contributed by atoms with Crippen LogP contribution in [0.4, 0.5) is 0 Å². The van der Waals surface area contributed by atoms with Crippen molar-refractivity contribution in [2.24, 2.45) is 0 Å². The summed E-state index contributed by atoms with van der Waals surface area (Å²) in [5.74, 6) is -0.756. The van der Waals surface area contributed by atoms with Gasteiger partial charge in [-0.3, -0.25) is 0 Å². The molecule has 0 aliphatic heterocycles. The Morgan fingerprint density at radius 2 is 2.17 bits per heavy atom. The smallest absolute Gasteiger partial charge is 0.341 e. The van der Waals surface area contributed by atoms with E-state index in [9.17, 15) is 4.79 Å². The Morgan fingerprint density at radius 1 is 1.44 bits per heavy atom. The first-order valence-corrected chi connectivity index (χ1v) is 5.65. The van der Waals surface area contributed by atoms with E-state index in [1.165, 1.54) is 12.5 Å². The lowest BCUT2D eigenvalue weighted by atomic mass is 10.1. The van der Waals surface area contributed by atoms with Crippen LogP contribution in [-0.2, 0) is 6.42 Å². The normalized spacial score (nSPS) is 10.6. The standard InChI is InChI=1S/C12H14N4O2/c1-4-9-7(2)15-16(8(9)3)11-10(12(17)18)5-13-6-14-11/h5-6H,4H2,1-3H3,(H,17,18). The van der Waals surface area contributed by atoms with Crippen LogP contribution in [0, 0.1) is 13.8 Å². The van der Waals surface area contributed by atoms with Gasteiger partial charge in [-0.15, -0.1) is 0 Å². The molecule has 2 heterocycles. The Balaban J connectivity index is 2.66. The molecule has 2 rings (SSSR count). The summed E-state index contributed by atoms with van der Waals surface area (Å²) in [7, 11) is 0. The monoisotopic (exact) mass is 246 g/mol. The third-order valence-electron chi connectivity index (χ3n) is 2.92. The van der Waals surface area contributed by atoms with Crippen LogP contribution in [-0.4, -0.2) is 30.8 Å². The molecule has 0 amide bonds. The van der Waals surface area contributed by atoms with E-state index in [4.69, 9.17) is 5.11 Å². The summed E-state index contributed by atoms with van der Waals surface area (Å²) in [6, 6.07) is 0. The third kappa shape index (κ3) is 1.85. The number of carboxylic acid groups (broad SMARTS) is 1. The van der Waals surface area contributed by atoms with E-state index in [1.807, 2.05) is 20.8 Å². The second kappa shape index (κ2) is 4.56. The average molecular weight is 246 g/mol. The molecule has 0 fully saturated rings. The summed E-state index contributed by atoms with van der Waals surface area (Å²) in [6.45, 7) is 5.86. The fraction of sp³-hybridized carbons (Fsp3) is 0.333. The molecular weight excluding hydrogens is 232 g/mol. The highest BCUT2D eigenvalue weighted by atomic mass is 16.4. The van der Waals surface area contributed by atoms with Crippen molar-refractivity contribution >= 4 is 5.97 Å². The van der Waals surface area contributed by atoms with Gasteiger partial charge in [-0.1, -0.05) is 6.92 Å². The Kier molecular flexibility index (Phi) is 3.10. The average Bonchev–Trinajstić information content (AvgIpc) is 2.64. The van der Waals surface area contributed by atoms with Crippen LogP contribution in [0.25, 0.3) is 5.82 Å². The highest BCUT2D eigenvalue weighted by Crippen LogP contribution is 2.18. The highest BCUT2D eigenvalue weighted by Gasteiger charge is 2.18. The molecular formula is C12H14N4O2. The number of hydrogen-bond donors (Lipinski definition) is 1. The van der Waals surface area contributed by atoms with E-state index in [-0.39, 0.29) is 5.56 Å². The number of carboxylic acids is 1. The fourth-order valence-electron chi connectivity index (χ4n) is 2.04. The lowest BCUT2D eigenvalue weighted by molar-refractivity contribution is 0.0695. The number of nitrogens with zero attached hydrogens (tertiary/aromatic N) is 4. The molecule has 0 bridgehead atoms. The largest absolute Gasteiger partial charge is 0.477 e. The van der Waals surface area contributed by atoms with Crippen LogP contribution in [0.5, 0.6) is 0 Å². The molecule has 0 saturated carbocycles. The van der Waals surface area contributed by atoms with Crippen molar-refractivity contribution in [3.8, 4) is 5.82 Å². The van der Waals surface area contributed by atoms with Gasteiger partial charge in [0.2, 0.25) is 0 Å². The van der Waals surface area contributed by atoms with Gasteiger partial charge in [0.1, 0.15) is 11.9 Å². The lowest BCUT2D eigenvalue weighted by Crippen LogP contribution is -2.10. The molecule has 6 heteroatoms. The van der Waals surface area contributed by atoms with Crippen molar-refractivity contribution in [3.05, 3.63) is 35.0 Å². The van der Waals surface area contributed by atoms with Gasteiger partial charge in [0.15, 0.2) is 5.82 Å². The van der Waals surface area contributed by atoms with Crippen LogP contribution >= 0.6 is 0 Å². The summed E-state index contributed by atoms with van der Waals surface area (Å²) in [5.41, 5.74) is 2.97. The Labute approximate surface area is 104 Å². The van der Waals surface area contributed by atoms with Gasteiger partial charge in [-0.25, -0.2) is 19.4 Å². The van der Waals surface area contributed by atoms with E-state index in [0.717, 1.165) is 23.4 Å². The van der Waals surface area contributed by atoms with Crippen molar-refractivity contribution in [2.75, 3.05) is 0 Å². The van der Waals surface area contributed by atoms with Gasteiger partial charge in [0.25, 0.3) is 0 Å². The summed E-state index contributed by atoms with van der Waals surface area (Å²) in [5, 5.41) is 13.5. The first-order chi connectivity index (χ1) is 8.56. The third-order valence-corrected chi connectivity index (χ3v) is 2.92. The predicted octanol–water partition coefficient (Wildman–Crippen LogP) is 1.54. The van der Waals surface area contributed by atoms with Crippen LogP contribution in [0.1, 0.15) is 34.2 Å². The van der Waals surface area contributed by atoms with Gasteiger partial charge in [-0.05, 0) is 25.8 Å². The molecule has 0 aliphatic rings. The molecule has 0 unspecified atom stereocenters. The first-order valence-electron chi connectivity index (χ1n) is 5.65. The zero-order chi connectivity index (χ0) is 13.3. The number of rotatable bonds is 3. The number of aryl methyl sites for hydroxylation is 1. The number of carbonyl (C=O) groups is 1. The molecule has 0 spiro atoms. The topological polar surface area (TPSA) is 80.9 Å². The molecule has 0 aliphatic carbocycles. The summed E-state index contributed by atoms with van der Waals surface area (Å²) in [4.78, 5) is 18.9. The second-order valence-electron chi connectivity index (χ2n) is 3.98. The van der Waals surface area contributed by atoms with Gasteiger partial charge in [0.05, 0.1) is 5.69 Å². The van der Waals surface area contributed by atoms with Crippen LogP contribution in [0.15, 0.2) is 12.5 Å². The molecule has 18 heavy (non-hydrogen) atoms. The van der Waals surface area contributed by atoms with Gasteiger partial charge in [-0.2, -0.15) is 5.10 Å².